The minimum absolute atomic E-state index is 1.09. The molecule has 0 unspecified atom stereocenters. The molecular weight excluding hydrogens is 925 g/mol. The first kappa shape index (κ1) is 43.1. The van der Waals surface area contributed by atoms with Crippen LogP contribution in [0.5, 0.6) is 0 Å². The summed E-state index contributed by atoms with van der Waals surface area (Å²) in [5.41, 5.74) is 16.5. The summed E-state index contributed by atoms with van der Waals surface area (Å²) in [4.78, 5) is 2.37. The van der Waals surface area contributed by atoms with Gasteiger partial charge in [0.2, 0.25) is 0 Å². The summed E-state index contributed by atoms with van der Waals surface area (Å²) in [6, 6.07) is 103. The van der Waals surface area contributed by atoms with Crippen LogP contribution in [0.25, 0.3) is 124 Å². The van der Waals surface area contributed by atoms with Gasteiger partial charge in [-0.2, -0.15) is 0 Å². The van der Waals surface area contributed by atoms with Crippen LogP contribution in [-0.2, 0) is 0 Å². The lowest BCUT2D eigenvalue weighted by molar-refractivity contribution is 1.18. The number of aromatic nitrogens is 1. The maximum Gasteiger partial charge on any atom is 0.0541 e. The molecule has 75 heavy (non-hydrogen) atoms. The third-order valence-corrected chi connectivity index (χ3v) is 16.6. The monoisotopic (exact) mass is 970 g/mol. The van der Waals surface area contributed by atoms with Gasteiger partial charge in [-0.05, 0) is 156 Å². The Balaban J connectivity index is 0.769. The number of anilines is 3. The number of hydrogen-bond donors (Lipinski definition) is 0. The first-order chi connectivity index (χ1) is 37.2. The van der Waals surface area contributed by atoms with Crippen molar-refractivity contribution < 1.29 is 0 Å². The van der Waals surface area contributed by atoms with Gasteiger partial charge in [0.05, 0.1) is 11.0 Å². The zero-order valence-electron chi connectivity index (χ0n) is 40.9. The van der Waals surface area contributed by atoms with Crippen LogP contribution in [0, 0.1) is 0 Å². The number of fused-ring (bicyclic) bond motifs is 12. The predicted molar refractivity (Wildman–Crippen MR) is 323 cm³/mol. The first-order valence-electron chi connectivity index (χ1n) is 25.7. The molecule has 2 nitrogen and oxygen atoms in total. The number of rotatable bonds is 8. The van der Waals surface area contributed by atoms with Crippen molar-refractivity contribution in [2.24, 2.45) is 0 Å². The highest BCUT2D eigenvalue weighted by molar-refractivity contribution is 7.26. The van der Waals surface area contributed by atoms with Crippen LogP contribution in [0.3, 0.4) is 0 Å². The fraction of sp³-hybridized carbons (Fsp3) is 0. The van der Waals surface area contributed by atoms with E-state index in [9.17, 15) is 0 Å². The molecule has 13 aromatic carbocycles. The van der Waals surface area contributed by atoms with Gasteiger partial charge in [0.25, 0.3) is 0 Å². The molecule has 0 radical (unpaired) electrons. The molecule has 0 atom stereocenters. The van der Waals surface area contributed by atoms with Crippen LogP contribution in [0.1, 0.15) is 0 Å². The zero-order chi connectivity index (χ0) is 49.4. The lowest BCUT2D eigenvalue weighted by atomic mass is 9.92. The molecular formula is C72H46N2S. The van der Waals surface area contributed by atoms with Gasteiger partial charge in [-0.1, -0.05) is 200 Å². The Morgan fingerprint density at radius 1 is 0.253 bits per heavy atom. The van der Waals surface area contributed by atoms with Crippen molar-refractivity contribution in [2.45, 2.75) is 0 Å². The highest BCUT2D eigenvalue weighted by Crippen LogP contribution is 2.44. The van der Waals surface area contributed by atoms with Crippen LogP contribution in [0.4, 0.5) is 17.1 Å². The first-order valence-corrected chi connectivity index (χ1v) is 26.5. The molecule has 15 aromatic rings. The molecule has 350 valence electrons. The summed E-state index contributed by atoms with van der Waals surface area (Å²) in [6.07, 6.45) is 0. The fourth-order valence-electron chi connectivity index (χ4n) is 11.8. The van der Waals surface area contributed by atoms with Gasteiger partial charge < -0.3 is 9.47 Å². The molecule has 0 saturated heterocycles. The van der Waals surface area contributed by atoms with Gasteiger partial charge in [0, 0.05) is 53.7 Å². The molecule has 0 spiro atoms. The highest BCUT2D eigenvalue weighted by Gasteiger charge is 2.18. The summed E-state index contributed by atoms with van der Waals surface area (Å²) in [6.45, 7) is 0. The Morgan fingerprint density at radius 2 is 0.680 bits per heavy atom. The van der Waals surface area contributed by atoms with E-state index in [1.807, 2.05) is 11.3 Å². The summed E-state index contributed by atoms with van der Waals surface area (Å²) in [5, 5.41) is 12.8. The van der Waals surface area contributed by atoms with Crippen molar-refractivity contribution in [1.82, 2.24) is 4.57 Å². The van der Waals surface area contributed by atoms with Crippen molar-refractivity contribution in [3.63, 3.8) is 0 Å². The van der Waals surface area contributed by atoms with E-state index < -0.39 is 0 Å². The van der Waals surface area contributed by atoms with E-state index in [-0.39, 0.29) is 0 Å². The van der Waals surface area contributed by atoms with Crippen molar-refractivity contribution >= 4 is 103 Å². The number of hydrogen-bond acceptors (Lipinski definition) is 2. The van der Waals surface area contributed by atoms with E-state index in [0.717, 1.165) is 22.7 Å². The molecule has 0 amide bonds. The molecule has 0 fully saturated rings. The molecule has 2 heterocycles. The summed E-state index contributed by atoms with van der Waals surface area (Å²) >= 11 is 1.88. The number of para-hydroxylation sites is 1. The molecule has 0 aliphatic carbocycles. The Bertz CT molecular complexity index is 4630. The Labute approximate surface area is 438 Å². The Morgan fingerprint density at radius 3 is 1.32 bits per heavy atom. The molecule has 0 aliphatic rings. The second-order valence-corrected chi connectivity index (χ2v) is 20.7. The van der Waals surface area contributed by atoms with E-state index in [0.29, 0.717) is 0 Å². The SMILES string of the molecule is c1ccc(-c2ccc(N(c3ccc(-c4ccc5c(c4)c4ccccc4n5-c4ccc(-c5ccc6c7ccccc7c7ccccc7c6c5)cc4)cc3)c3ccc(-c4cccc5c4sc4ccccc45)cc3)cc2)cc1. The van der Waals surface area contributed by atoms with Gasteiger partial charge in [0.15, 0.2) is 0 Å². The second-order valence-electron chi connectivity index (χ2n) is 19.6. The summed E-state index contributed by atoms with van der Waals surface area (Å²) < 4.78 is 5.06. The summed E-state index contributed by atoms with van der Waals surface area (Å²) in [7, 11) is 0. The Kier molecular flexibility index (Phi) is 10.1. The van der Waals surface area contributed by atoms with Crippen molar-refractivity contribution in [2.75, 3.05) is 4.90 Å². The zero-order valence-corrected chi connectivity index (χ0v) is 41.7. The molecule has 0 N–H and O–H groups in total. The molecule has 15 rings (SSSR count). The third kappa shape index (κ3) is 7.23. The average Bonchev–Trinajstić information content (AvgIpc) is 4.04. The van der Waals surface area contributed by atoms with Crippen LogP contribution in [-0.4, -0.2) is 4.57 Å². The molecule has 0 aliphatic heterocycles. The van der Waals surface area contributed by atoms with Crippen LogP contribution < -0.4 is 4.90 Å². The van der Waals surface area contributed by atoms with E-state index in [1.54, 1.807) is 0 Å². The number of nitrogens with zero attached hydrogens (tertiary/aromatic N) is 2. The number of thiophene rings is 1. The number of benzene rings is 13. The summed E-state index contributed by atoms with van der Waals surface area (Å²) in [5.74, 6) is 0. The van der Waals surface area contributed by atoms with E-state index >= 15 is 0 Å². The smallest absolute Gasteiger partial charge is 0.0541 e. The minimum Gasteiger partial charge on any atom is -0.311 e. The Hall–Kier alpha value is -9.54. The molecule has 0 bridgehead atoms. The quantitative estimate of drug-likeness (QED) is 0.138. The third-order valence-electron chi connectivity index (χ3n) is 15.4. The maximum atomic E-state index is 2.41. The van der Waals surface area contributed by atoms with Crippen molar-refractivity contribution in [1.29, 1.82) is 0 Å². The molecule has 0 saturated carbocycles. The van der Waals surface area contributed by atoms with Gasteiger partial charge in [-0.15, -0.1) is 11.3 Å². The van der Waals surface area contributed by atoms with E-state index in [1.165, 1.54) is 119 Å². The van der Waals surface area contributed by atoms with Gasteiger partial charge in [0.1, 0.15) is 0 Å². The van der Waals surface area contributed by atoms with Crippen molar-refractivity contribution in [3.05, 3.63) is 279 Å². The predicted octanol–water partition coefficient (Wildman–Crippen LogP) is 20.7. The maximum absolute atomic E-state index is 2.41. The minimum atomic E-state index is 1.09. The second kappa shape index (κ2) is 17.6. The van der Waals surface area contributed by atoms with Gasteiger partial charge in [-0.25, -0.2) is 0 Å². The van der Waals surface area contributed by atoms with E-state index in [2.05, 4.69) is 289 Å². The van der Waals surface area contributed by atoms with Crippen LogP contribution in [0.2, 0.25) is 0 Å². The van der Waals surface area contributed by atoms with Crippen LogP contribution >= 0.6 is 11.3 Å². The normalized spacial score (nSPS) is 11.7. The van der Waals surface area contributed by atoms with Crippen molar-refractivity contribution in [3.8, 4) is 50.2 Å². The topological polar surface area (TPSA) is 8.17 Å². The lowest BCUT2D eigenvalue weighted by Crippen LogP contribution is -2.09. The van der Waals surface area contributed by atoms with Crippen LogP contribution in [0.15, 0.2) is 279 Å². The van der Waals surface area contributed by atoms with Gasteiger partial charge in [-0.3, -0.25) is 0 Å². The molecule has 3 heteroatoms. The largest absolute Gasteiger partial charge is 0.311 e. The lowest BCUT2D eigenvalue weighted by Gasteiger charge is -2.26. The molecule has 2 aromatic heterocycles. The van der Waals surface area contributed by atoms with Gasteiger partial charge >= 0.3 is 0 Å². The average molecular weight is 971 g/mol. The van der Waals surface area contributed by atoms with E-state index in [4.69, 9.17) is 0 Å². The highest BCUT2D eigenvalue weighted by atomic mass is 32.1. The standard InChI is InChI=1S/C72H46N2S/c1-2-13-47(14-3-1)48-25-35-54(36-26-48)73(56-41-31-51(32-42-56)58-21-12-22-66-65-20-9-11-24-71(65)75-72(58)66)55-37-27-50(28-38-55)53-34-44-70-68(46-53)64-19-8-10-23-69(64)74(70)57-39-29-49(30-40-57)52-33-43-63-61-17-5-4-15-59(61)60-16-6-7-18-62(60)67(63)45-52/h1-46H. The fourth-order valence-corrected chi connectivity index (χ4v) is 13.0.